The number of fused-ring (bicyclic) bond motifs is 1. The van der Waals surface area contributed by atoms with Gasteiger partial charge in [0.1, 0.15) is 5.60 Å². The minimum absolute atomic E-state index is 0.0656. The maximum absolute atomic E-state index is 12.6. The molecule has 2 aliphatic heterocycles. The lowest BCUT2D eigenvalue weighted by molar-refractivity contribution is -0.165. The molecular formula is C16H22N2O2. The van der Waals surface area contributed by atoms with Crippen LogP contribution in [0.2, 0.25) is 0 Å². The molecule has 3 rings (SSSR count). The van der Waals surface area contributed by atoms with Gasteiger partial charge in [0.15, 0.2) is 0 Å². The molecule has 0 aromatic heterocycles. The summed E-state index contributed by atoms with van der Waals surface area (Å²) in [6, 6.07) is 8.01. The molecule has 1 fully saturated rings. The van der Waals surface area contributed by atoms with E-state index in [1.54, 1.807) is 4.90 Å². The van der Waals surface area contributed by atoms with E-state index < -0.39 is 5.60 Å². The summed E-state index contributed by atoms with van der Waals surface area (Å²) in [5.74, 6) is 0.278. The summed E-state index contributed by atoms with van der Waals surface area (Å²) >= 11 is 0. The third-order valence-electron chi connectivity index (χ3n) is 4.70. The van der Waals surface area contributed by atoms with Crippen molar-refractivity contribution in [2.75, 3.05) is 25.0 Å². The van der Waals surface area contributed by atoms with Crippen molar-refractivity contribution in [3.05, 3.63) is 29.8 Å². The number of aliphatic hydroxyl groups is 1. The van der Waals surface area contributed by atoms with Crippen LogP contribution >= 0.6 is 0 Å². The van der Waals surface area contributed by atoms with Crippen LogP contribution < -0.4 is 5.32 Å². The summed E-state index contributed by atoms with van der Waals surface area (Å²) in [4.78, 5) is 14.4. The Morgan fingerprint density at radius 1 is 1.40 bits per heavy atom. The quantitative estimate of drug-likeness (QED) is 0.865. The molecule has 4 nitrogen and oxygen atoms in total. The Morgan fingerprint density at radius 2 is 2.10 bits per heavy atom. The van der Waals surface area contributed by atoms with Crippen LogP contribution in [-0.2, 0) is 4.79 Å². The third-order valence-corrected chi connectivity index (χ3v) is 4.70. The van der Waals surface area contributed by atoms with E-state index in [-0.39, 0.29) is 17.7 Å². The van der Waals surface area contributed by atoms with Crippen molar-refractivity contribution < 1.29 is 9.90 Å². The number of rotatable bonds is 2. The molecule has 0 radical (unpaired) electrons. The van der Waals surface area contributed by atoms with Crippen LogP contribution in [0.5, 0.6) is 0 Å². The fraction of sp³-hybridized carbons (Fsp3) is 0.562. The van der Waals surface area contributed by atoms with Crippen molar-refractivity contribution in [1.82, 2.24) is 4.90 Å². The lowest BCUT2D eigenvalue weighted by Crippen LogP contribution is -2.66. The summed E-state index contributed by atoms with van der Waals surface area (Å²) in [5, 5.41) is 13.6. The van der Waals surface area contributed by atoms with Gasteiger partial charge in [0.25, 0.3) is 0 Å². The Hall–Kier alpha value is -1.55. The second kappa shape index (κ2) is 4.77. The normalized spacial score (nSPS) is 23.8. The lowest BCUT2D eigenvalue weighted by Gasteiger charge is -2.50. The standard InChI is InChI=1S/C16H22N2O2/c1-11(2)16(20)9-18(10-16)15(19)13-7-8-17-14-6-4-3-5-12(13)14/h3-6,11,13,17,20H,7-10H2,1-2H3. The predicted octanol–water partition coefficient (Wildman–Crippen LogP) is 1.82. The summed E-state index contributed by atoms with van der Waals surface area (Å²) in [6.07, 6.45) is 0.826. The molecule has 2 heterocycles. The zero-order chi connectivity index (χ0) is 14.3. The topological polar surface area (TPSA) is 52.6 Å². The molecule has 1 aromatic carbocycles. The maximum Gasteiger partial charge on any atom is 0.230 e. The molecule has 1 amide bonds. The largest absolute Gasteiger partial charge is 0.386 e. The molecule has 0 saturated carbocycles. The van der Waals surface area contributed by atoms with Crippen molar-refractivity contribution in [3.8, 4) is 0 Å². The number of β-amino-alcohol motifs (C(OH)–C–C–N with tert-alkyl or cyclic N) is 1. The van der Waals surface area contributed by atoms with E-state index in [2.05, 4.69) is 5.32 Å². The highest BCUT2D eigenvalue weighted by atomic mass is 16.3. The van der Waals surface area contributed by atoms with E-state index in [1.165, 1.54) is 0 Å². The molecule has 1 atom stereocenters. The highest BCUT2D eigenvalue weighted by Gasteiger charge is 2.47. The molecule has 2 N–H and O–H groups in total. The summed E-state index contributed by atoms with van der Waals surface area (Å²) in [6.45, 7) is 5.77. The van der Waals surface area contributed by atoms with E-state index in [4.69, 9.17) is 0 Å². The van der Waals surface area contributed by atoms with Gasteiger partial charge in [-0.1, -0.05) is 32.0 Å². The molecule has 0 aliphatic carbocycles. The average Bonchev–Trinajstić information content (AvgIpc) is 2.42. The van der Waals surface area contributed by atoms with Gasteiger partial charge < -0.3 is 15.3 Å². The van der Waals surface area contributed by atoms with Crippen LogP contribution in [0.4, 0.5) is 5.69 Å². The molecule has 1 aromatic rings. The van der Waals surface area contributed by atoms with Crippen molar-refractivity contribution in [2.45, 2.75) is 31.8 Å². The van der Waals surface area contributed by atoms with Crippen molar-refractivity contribution in [1.29, 1.82) is 0 Å². The van der Waals surface area contributed by atoms with E-state index in [1.807, 2.05) is 38.1 Å². The van der Waals surface area contributed by atoms with Crippen LogP contribution in [0.25, 0.3) is 0 Å². The van der Waals surface area contributed by atoms with Gasteiger partial charge in [-0.3, -0.25) is 4.79 Å². The molecule has 0 spiro atoms. The van der Waals surface area contributed by atoms with Gasteiger partial charge in [-0.2, -0.15) is 0 Å². The number of carbonyl (C=O) groups excluding carboxylic acids is 1. The van der Waals surface area contributed by atoms with Gasteiger partial charge >= 0.3 is 0 Å². The number of hydrogen-bond donors (Lipinski definition) is 2. The number of nitrogens with zero attached hydrogens (tertiary/aromatic N) is 1. The first-order valence-electron chi connectivity index (χ1n) is 7.35. The Kier molecular flexibility index (Phi) is 3.21. The zero-order valence-corrected chi connectivity index (χ0v) is 12.1. The minimum atomic E-state index is -0.692. The van der Waals surface area contributed by atoms with E-state index in [0.717, 1.165) is 24.2 Å². The van der Waals surface area contributed by atoms with Gasteiger partial charge in [-0.25, -0.2) is 0 Å². The number of benzene rings is 1. The lowest BCUT2D eigenvalue weighted by atomic mass is 9.81. The Bertz CT molecular complexity index is 521. The Morgan fingerprint density at radius 3 is 2.80 bits per heavy atom. The highest BCUT2D eigenvalue weighted by molar-refractivity contribution is 5.87. The monoisotopic (exact) mass is 274 g/mol. The summed E-state index contributed by atoms with van der Waals surface area (Å²) in [7, 11) is 0. The number of hydrogen-bond acceptors (Lipinski definition) is 3. The molecule has 20 heavy (non-hydrogen) atoms. The van der Waals surface area contributed by atoms with Gasteiger partial charge in [-0.15, -0.1) is 0 Å². The Labute approximate surface area is 119 Å². The van der Waals surface area contributed by atoms with Crippen LogP contribution in [0, 0.1) is 5.92 Å². The fourth-order valence-electron chi connectivity index (χ4n) is 3.08. The second-order valence-electron chi connectivity index (χ2n) is 6.31. The van der Waals surface area contributed by atoms with E-state index >= 15 is 0 Å². The number of amides is 1. The van der Waals surface area contributed by atoms with E-state index in [0.29, 0.717) is 13.1 Å². The highest BCUT2D eigenvalue weighted by Crippen LogP contribution is 2.36. The second-order valence-corrected chi connectivity index (χ2v) is 6.31. The smallest absolute Gasteiger partial charge is 0.230 e. The molecule has 1 unspecified atom stereocenters. The van der Waals surface area contributed by atoms with E-state index in [9.17, 15) is 9.90 Å². The fourth-order valence-corrected chi connectivity index (χ4v) is 3.08. The number of anilines is 1. The minimum Gasteiger partial charge on any atom is -0.386 e. The summed E-state index contributed by atoms with van der Waals surface area (Å²) < 4.78 is 0. The van der Waals surface area contributed by atoms with Gasteiger partial charge in [0.2, 0.25) is 5.91 Å². The average molecular weight is 274 g/mol. The number of nitrogens with one attached hydrogen (secondary N) is 1. The van der Waals surface area contributed by atoms with Crippen LogP contribution in [-0.4, -0.2) is 41.1 Å². The van der Waals surface area contributed by atoms with Gasteiger partial charge in [0, 0.05) is 12.2 Å². The molecule has 2 aliphatic rings. The molecule has 1 saturated heterocycles. The van der Waals surface area contributed by atoms with Gasteiger partial charge in [0.05, 0.1) is 19.0 Å². The third kappa shape index (κ3) is 2.08. The maximum atomic E-state index is 12.6. The predicted molar refractivity (Wildman–Crippen MR) is 78.7 cm³/mol. The molecule has 0 bridgehead atoms. The van der Waals surface area contributed by atoms with Crippen molar-refractivity contribution in [2.24, 2.45) is 5.92 Å². The zero-order valence-electron chi connectivity index (χ0n) is 12.1. The van der Waals surface area contributed by atoms with Crippen molar-refractivity contribution >= 4 is 11.6 Å². The van der Waals surface area contributed by atoms with Crippen LogP contribution in [0.15, 0.2) is 24.3 Å². The van der Waals surface area contributed by atoms with Crippen molar-refractivity contribution in [3.63, 3.8) is 0 Å². The first kappa shape index (κ1) is 13.4. The molecule has 108 valence electrons. The van der Waals surface area contributed by atoms with Crippen LogP contribution in [0.3, 0.4) is 0 Å². The number of para-hydroxylation sites is 1. The SMILES string of the molecule is CC(C)C1(O)CN(C(=O)C2CCNc3ccccc32)C1. The van der Waals surface area contributed by atoms with Gasteiger partial charge in [-0.05, 0) is 24.0 Å². The molecule has 4 heteroatoms. The first-order valence-corrected chi connectivity index (χ1v) is 7.35. The first-order chi connectivity index (χ1) is 9.51. The summed E-state index contributed by atoms with van der Waals surface area (Å²) in [5.41, 5.74) is 1.46. The molecular weight excluding hydrogens is 252 g/mol. The number of carbonyl (C=O) groups is 1. The van der Waals surface area contributed by atoms with Crippen LogP contribution in [0.1, 0.15) is 31.7 Å². The Balaban J connectivity index is 1.74. The number of likely N-dealkylation sites (tertiary alicyclic amines) is 1.